The number of nitrogens with zero attached hydrogens (tertiary/aromatic N) is 1. The summed E-state index contributed by atoms with van der Waals surface area (Å²) < 4.78 is 13.9. The quantitative estimate of drug-likeness (QED) is 0.734. The zero-order valence-corrected chi connectivity index (χ0v) is 11.1. The van der Waals surface area contributed by atoms with Gasteiger partial charge in [-0.25, -0.2) is 4.39 Å². The number of likely N-dealkylation sites (tertiary alicyclic amines) is 1. The van der Waals surface area contributed by atoms with Crippen LogP contribution in [0.4, 0.5) is 4.39 Å². The van der Waals surface area contributed by atoms with Crippen LogP contribution in [-0.2, 0) is 0 Å². The van der Waals surface area contributed by atoms with Gasteiger partial charge in [0.25, 0.3) is 5.91 Å². The van der Waals surface area contributed by atoms with E-state index in [2.05, 4.69) is 0 Å². The number of carbonyl (C=O) groups is 1. The third-order valence-electron chi connectivity index (χ3n) is 3.11. The molecule has 2 nitrogen and oxygen atoms in total. The minimum absolute atomic E-state index is 0.000224. The number of benzene rings is 1. The molecule has 1 atom stereocenters. The molecule has 5 heteroatoms. The number of carbonyl (C=O) groups excluding carboxylic acids is 1. The summed E-state index contributed by atoms with van der Waals surface area (Å²) in [5, 5.41) is 0.965. The molecular formula is C13H11ClFNOS. The van der Waals surface area contributed by atoms with Gasteiger partial charge in [-0.1, -0.05) is 6.07 Å². The first kappa shape index (κ1) is 11.9. The number of amides is 1. The molecule has 1 aliphatic heterocycles. The van der Waals surface area contributed by atoms with Gasteiger partial charge >= 0.3 is 0 Å². The van der Waals surface area contributed by atoms with Crippen LogP contribution in [0.1, 0.15) is 16.1 Å². The Morgan fingerprint density at radius 3 is 3.00 bits per heavy atom. The van der Waals surface area contributed by atoms with E-state index in [9.17, 15) is 9.18 Å². The molecule has 0 spiro atoms. The molecule has 94 valence electrons. The first-order valence-electron chi connectivity index (χ1n) is 5.76. The number of fused-ring (bicyclic) bond motifs is 1. The molecule has 0 saturated carbocycles. The van der Waals surface area contributed by atoms with Crippen LogP contribution in [0.2, 0.25) is 0 Å². The van der Waals surface area contributed by atoms with E-state index >= 15 is 0 Å². The topological polar surface area (TPSA) is 20.3 Å². The van der Waals surface area contributed by atoms with Crippen LogP contribution >= 0.6 is 22.9 Å². The molecule has 2 heterocycles. The van der Waals surface area contributed by atoms with Gasteiger partial charge in [0.1, 0.15) is 5.82 Å². The van der Waals surface area contributed by atoms with Crippen LogP contribution in [0, 0.1) is 5.82 Å². The lowest BCUT2D eigenvalue weighted by atomic mass is 10.2. The fourth-order valence-electron chi connectivity index (χ4n) is 2.17. The van der Waals surface area contributed by atoms with Crippen molar-refractivity contribution in [2.45, 2.75) is 11.8 Å². The minimum atomic E-state index is -0.273. The Balaban J connectivity index is 1.92. The number of thiophene rings is 1. The molecule has 1 fully saturated rings. The summed E-state index contributed by atoms with van der Waals surface area (Å²) in [7, 11) is 0. The summed E-state index contributed by atoms with van der Waals surface area (Å²) in [5.74, 6) is -0.273. The number of hydrogen-bond acceptors (Lipinski definition) is 2. The van der Waals surface area contributed by atoms with Crippen LogP contribution in [0.15, 0.2) is 24.3 Å². The van der Waals surface area contributed by atoms with E-state index in [4.69, 9.17) is 11.6 Å². The lowest BCUT2D eigenvalue weighted by molar-refractivity contribution is 0.0798. The SMILES string of the molecule is O=C(c1cc2ccc(F)cc2s1)N1CCC(Cl)C1. The normalized spacial score (nSPS) is 19.7. The number of hydrogen-bond donors (Lipinski definition) is 0. The van der Waals surface area contributed by atoms with Crippen LogP contribution in [0.5, 0.6) is 0 Å². The summed E-state index contributed by atoms with van der Waals surface area (Å²) >= 11 is 7.33. The zero-order chi connectivity index (χ0) is 12.7. The molecular weight excluding hydrogens is 273 g/mol. The van der Waals surface area contributed by atoms with Crippen molar-refractivity contribution in [1.29, 1.82) is 0 Å². The molecule has 0 N–H and O–H groups in total. The number of halogens is 2. The second kappa shape index (κ2) is 4.52. The molecule has 18 heavy (non-hydrogen) atoms. The highest BCUT2D eigenvalue weighted by Gasteiger charge is 2.26. The Hall–Kier alpha value is -1.13. The summed E-state index contributed by atoms with van der Waals surface area (Å²) in [6.45, 7) is 1.30. The second-order valence-electron chi connectivity index (χ2n) is 4.43. The van der Waals surface area contributed by atoms with Gasteiger partial charge in [0.15, 0.2) is 0 Å². The van der Waals surface area contributed by atoms with E-state index in [0.717, 1.165) is 16.5 Å². The van der Waals surface area contributed by atoms with Crippen molar-refractivity contribution in [2.24, 2.45) is 0 Å². The monoisotopic (exact) mass is 283 g/mol. The van der Waals surface area contributed by atoms with Crippen molar-refractivity contribution in [3.05, 3.63) is 35.0 Å². The molecule has 1 unspecified atom stereocenters. The Labute approximate surface area is 113 Å². The van der Waals surface area contributed by atoms with Crippen LogP contribution in [0.3, 0.4) is 0 Å². The van der Waals surface area contributed by atoms with Crippen molar-refractivity contribution in [2.75, 3.05) is 13.1 Å². The molecule has 0 radical (unpaired) electrons. The van der Waals surface area contributed by atoms with E-state index in [1.54, 1.807) is 11.0 Å². The van der Waals surface area contributed by atoms with E-state index in [-0.39, 0.29) is 17.1 Å². The first-order chi connectivity index (χ1) is 8.63. The highest BCUT2D eigenvalue weighted by molar-refractivity contribution is 7.20. The van der Waals surface area contributed by atoms with Crippen LogP contribution in [0.25, 0.3) is 10.1 Å². The molecule has 1 saturated heterocycles. The van der Waals surface area contributed by atoms with Crippen molar-refractivity contribution in [3.8, 4) is 0 Å². The lowest BCUT2D eigenvalue weighted by Crippen LogP contribution is -2.28. The van der Waals surface area contributed by atoms with E-state index < -0.39 is 0 Å². The average molecular weight is 284 g/mol. The fraction of sp³-hybridized carbons (Fsp3) is 0.308. The van der Waals surface area contributed by atoms with Crippen molar-refractivity contribution < 1.29 is 9.18 Å². The molecule has 2 aromatic rings. The first-order valence-corrected chi connectivity index (χ1v) is 7.01. The molecule has 0 aliphatic carbocycles. The van der Waals surface area contributed by atoms with E-state index in [1.807, 2.05) is 6.07 Å². The third-order valence-corrected chi connectivity index (χ3v) is 4.55. The Kier molecular flexibility index (Phi) is 2.99. The third kappa shape index (κ3) is 2.10. The zero-order valence-electron chi connectivity index (χ0n) is 9.53. The highest BCUT2D eigenvalue weighted by Crippen LogP contribution is 2.28. The molecule has 0 bridgehead atoms. The standard InChI is InChI=1S/C13H11ClFNOS/c14-9-3-4-16(7-9)13(17)12-5-8-1-2-10(15)6-11(8)18-12/h1-2,5-6,9H,3-4,7H2. The Morgan fingerprint density at radius 1 is 1.44 bits per heavy atom. The minimum Gasteiger partial charge on any atom is -0.336 e. The van der Waals surface area contributed by atoms with E-state index in [1.165, 1.54) is 23.5 Å². The molecule has 1 aromatic carbocycles. The van der Waals surface area contributed by atoms with Crippen LogP contribution in [-0.4, -0.2) is 29.3 Å². The molecule has 1 aliphatic rings. The smallest absolute Gasteiger partial charge is 0.264 e. The fourth-order valence-corrected chi connectivity index (χ4v) is 3.49. The van der Waals surface area contributed by atoms with Gasteiger partial charge in [-0.15, -0.1) is 22.9 Å². The van der Waals surface area contributed by atoms with Crippen molar-refractivity contribution >= 4 is 38.9 Å². The summed E-state index contributed by atoms with van der Waals surface area (Å²) in [6.07, 6.45) is 0.840. The number of rotatable bonds is 1. The van der Waals surface area contributed by atoms with Gasteiger partial charge < -0.3 is 4.90 Å². The van der Waals surface area contributed by atoms with Crippen molar-refractivity contribution in [1.82, 2.24) is 4.90 Å². The van der Waals surface area contributed by atoms with Gasteiger partial charge in [0.2, 0.25) is 0 Å². The number of alkyl halides is 1. The van der Waals surface area contributed by atoms with Crippen molar-refractivity contribution in [3.63, 3.8) is 0 Å². The van der Waals surface area contributed by atoms with Gasteiger partial charge in [-0.2, -0.15) is 0 Å². The van der Waals surface area contributed by atoms with Gasteiger partial charge in [0.05, 0.1) is 10.3 Å². The Morgan fingerprint density at radius 2 is 2.28 bits per heavy atom. The predicted molar refractivity (Wildman–Crippen MR) is 71.9 cm³/mol. The van der Waals surface area contributed by atoms with Gasteiger partial charge in [-0.3, -0.25) is 4.79 Å². The molecule has 1 aromatic heterocycles. The predicted octanol–water partition coefficient (Wildman–Crippen LogP) is 3.49. The Bertz CT molecular complexity index is 612. The maximum Gasteiger partial charge on any atom is 0.264 e. The van der Waals surface area contributed by atoms with E-state index in [0.29, 0.717) is 18.0 Å². The highest BCUT2D eigenvalue weighted by atomic mass is 35.5. The largest absolute Gasteiger partial charge is 0.336 e. The maximum absolute atomic E-state index is 13.1. The molecule has 1 amide bonds. The lowest BCUT2D eigenvalue weighted by Gasteiger charge is -2.13. The summed E-state index contributed by atoms with van der Waals surface area (Å²) in [4.78, 5) is 14.6. The van der Waals surface area contributed by atoms with Crippen LogP contribution < -0.4 is 0 Å². The van der Waals surface area contributed by atoms with Gasteiger partial charge in [-0.05, 0) is 30.0 Å². The molecule has 3 rings (SSSR count). The summed E-state index contributed by atoms with van der Waals surface area (Å²) in [5.41, 5.74) is 0. The summed E-state index contributed by atoms with van der Waals surface area (Å²) in [6, 6.07) is 6.40. The second-order valence-corrected chi connectivity index (χ2v) is 6.13. The van der Waals surface area contributed by atoms with Gasteiger partial charge in [0, 0.05) is 17.8 Å². The maximum atomic E-state index is 13.1. The average Bonchev–Trinajstić information content (AvgIpc) is 2.93.